The van der Waals surface area contributed by atoms with Crippen LogP contribution in [-0.2, 0) is 11.3 Å². The minimum atomic E-state index is -0.589. The summed E-state index contributed by atoms with van der Waals surface area (Å²) in [6, 6.07) is 4.50. The van der Waals surface area contributed by atoms with Crippen molar-refractivity contribution in [3.63, 3.8) is 0 Å². The van der Waals surface area contributed by atoms with Crippen molar-refractivity contribution in [1.82, 2.24) is 14.9 Å². The van der Waals surface area contributed by atoms with Crippen LogP contribution in [0.15, 0.2) is 23.4 Å². The van der Waals surface area contributed by atoms with E-state index in [4.69, 9.17) is 9.47 Å². The van der Waals surface area contributed by atoms with Gasteiger partial charge in [-0.25, -0.2) is 9.78 Å². The molecule has 0 unspecified atom stereocenters. The van der Waals surface area contributed by atoms with Crippen molar-refractivity contribution in [2.75, 3.05) is 24.3 Å². The second-order valence-electron chi connectivity index (χ2n) is 6.72. The molecule has 29 heavy (non-hydrogen) atoms. The second-order valence-corrected chi connectivity index (χ2v) is 7.66. The summed E-state index contributed by atoms with van der Waals surface area (Å²) in [7, 11) is 0. The Labute approximate surface area is 174 Å². The molecule has 1 aromatic heterocycles. The summed E-state index contributed by atoms with van der Waals surface area (Å²) in [5.41, 5.74) is 2.59. The summed E-state index contributed by atoms with van der Waals surface area (Å²) in [6.45, 7) is 7.97. The van der Waals surface area contributed by atoms with Crippen LogP contribution in [0.3, 0.4) is 0 Å². The van der Waals surface area contributed by atoms with Gasteiger partial charge in [0.25, 0.3) is 0 Å². The lowest BCUT2D eigenvalue weighted by Gasteiger charge is -2.19. The maximum atomic E-state index is 12.2. The van der Waals surface area contributed by atoms with Crippen LogP contribution in [0.1, 0.15) is 31.2 Å². The van der Waals surface area contributed by atoms with E-state index in [-0.39, 0.29) is 11.7 Å². The lowest BCUT2D eigenvalue weighted by molar-refractivity contribution is -0.117. The Morgan fingerprint density at radius 3 is 2.72 bits per heavy atom. The van der Waals surface area contributed by atoms with Crippen LogP contribution in [0.5, 0.6) is 11.5 Å². The maximum absolute atomic E-state index is 12.2. The molecule has 3 amide bonds. The number of aromatic nitrogens is 2. The molecule has 2 N–H and O–H groups in total. The molecule has 0 atom stereocenters. The van der Waals surface area contributed by atoms with Gasteiger partial charge in [0, 0.05) is 24.0 Å². The minimum Gasteiger partial charge on any atom is -0.486 e. The number of carbonyl (C=O) groups excluding carboxylic acids is 2. The zero-order chi connectivity index (χ0) is 20.8. The van der Waals surface area contributed by atoms with E-state index in [0.29, 0.717) is 30.4 Å². The molecule has 0 bridgehead atoms. The standard InChI is InChI=1S/C20H26N4O4S/c1-4-5-8-24-14(3)13(2)21-20(24)29-12-18(25)23-19(26)22-15-6-7-16-17(11-15)28-10-9-27-16/h6-7,11H,4-5,8-10,12H2,1-3H3,(H2,22,23,25,26). The van der Waals surface area contributed by atoms with E-state index in [2.05, 4.69) is 27.1 Å². The molecule has 0 saturated carbocycles. The number of imide groups is 1. The molecule has 1 aliphatic heterocycles. The summed E-state index contributed by atoms with van der Waals surface area (Å²) >= 11 is 1.33. The Balaban J connectivity index is 1.52. The fraction of sp³-hybridized carbons (Fsp3) is 0.450. The number of nitrogens with one attached hydrogen (secondary N) is 2. The Bertz CT molecular complexity index is 897. The first-order valence-electron chi connectivity index (χ1n) is 9.65. The molecule has 1 aromatic carbocycles. The number of amides is 3. The van der Waals surface area contributed by atoms with Gasteiger partial charge >= 0.3 is 6.03 Å². The summed E-state index contributed by atoms with van der Waals surface area (Å²) < 4.78 is 13.1. The predicted octanol–water partition coefficient (Wildman–Crippen LogP) is 3.51. The van der Waals surface area contributed by atoms with Gasteiger partial charge in [0.05, 0.1) is 11.4 Å². The third-order valence-corrected chi connectivity index (χ3v) is 5.52. The van der Waals surface area contributed by atoms with Crippen LogP contribution in [0.2, 0.25) is 0 Å². The largest absolute Gasteiger partial charge is 0.486 e. The number of hydrogen-bond acceptors (Lipinski definition) is 6. The first-order chi connectivity index (χ1) is 14.0. The van der Waals surface area contributed by atoms with Gasteiger partial charge in [-0.05, 0) is 32.4 Å². The number of urea groups is 1. The zero-order valence-corrected chi connectivity index (χ0v) is 17.7. The van der Waals surface area contributed by atoms with E-state index >= 15 is 0 Å². The molecule has 8 nitrogen and oxygen atoms in total. The van der Waals surface area contributed by atoms with E-state index < -0.39 is 6.03 Å². The lowest BCUT2D eigenvalue weighted by atomic mass is 10.2. The van der Waals surface area contributed by atoms with E-state index in [1.165, 1.54) is 11.8 Å². The van der Waals surface area contributed by atoms with E-state index in [9.17, 15) is 9.59 Å². The highest BCUT2D eigenvalue weighted by atomic mass is 32.2. The molecule has 0 aliphatic carbocycles. The van der Waals surface area contributed by atoms with Crippen LogP contribution >= 0.6 is 11.8 Å². The molecule has 9 heteroatoms. The van der Waals surface area contributed by atoms with Crippen molar-refractivity contribution in [1.29, 1.82) is 0 Å². The molecule has 0 spiro atoms. The molecule has 0 fully saturated rings. The molecular weight excluding hydrogens is 392 g/mol. The zero-order valence-electron chi connectivity index (χ0n) is 16.9. The number of ether oxygens (including phenoxy) is 2. The number of imidazole rings is 1. The number of carbonyl (C=O) groups is 2. The highest BCUT2D eigenvalue weighted by Crippen LogP contribution is 2.32. The predicted molar refractivity (Wildman–Crippen MR) is 112 cm³/mol. The summed E-state index contributed by atoms with van der Waals surface area (Å²) in [6.07, 6.45) is 2.13. The summed E-state index contributed by atoms with van der Waals surface area (Å²) in [4.78, 5) is 28.9. The van der Waals surface area contributed by atoms with Gasteiger partial charge in [-0.2, -0.15) is 0 Å². The van der Waals surface area contributed by atoms with E-state index in [0.717, 1.165) is 35.9 Å². The van der Waals surface area contributed by atoms with Crippen LogP contribution in [0.25, 0.3) is 0 Å². The van der Waals surface area contributed by atoms with E-state index in [1.54, 1.807) is 18.2 Å². The molecule has 2 aromatic rings. The summed E-state index contributed by atoms with van der Waals surface area (Å²) in [5, 5.41) is 5.78. The number of thioether (sulfide) groups is 1. The molecule has 1 aliphatic rings. The Kier molecular flexibility index (Phi) is 7.03. The van der Waals surface area contributed by atoms with Crippen LogP contribution in [0, 0.1) is 13.8 Å². The normalized spacial score (nSPS) is 12.5. The van der Waals surface area contributed by atoms with Crippen molar-refractivity contribution in [2.45, 2.75) is 45.3 Å². The topological polar surface area (TPSA) is 94.5 Å². The molecule has 3 rings (SSSR count). The van der Waals surface area contributed by atoms with Crippen LogP contribution in [-0.4, -0.2) is 40.5 Å². The molecule has 2 heterocycles. The fourth-order valence-corrected chi connectivity index (χ4v) is 3.81. The second kappa shape index (κ2) is 9.69. The van der Waals surface area contributed by atoms with Gasteiger partial charge in [0.2, 0.25) is 5.91 Å². The number of benzene rings is 1. The number of unbranched alkanes of at least 4 members (excludes halogenated alkanes) is 1. The van der Waals surface area contributed by atoms with Crippen molar-refractivity contribution in [3.05, 3.63) is 29.6 Å². The molecule has 0 radical (unpaired) electrons. The molecular formula is C20H26N4O4S. The van der Waals surface area contributed by atoms with Crippen molar-refractivity contribution in [2.24, 2.45) is 0 Å². The van der Waals surface area contributed by atoms with Crippen molar-refractivity contribution in [3.8, 4) is 11.5 Å². The maximum Gasteiger partial charge on any atom is 0.325 e. The third-order valence-electron chi connectivity index (χ3n) is 4.54. The fourth-order valence-electron chi connectivity index (χ4n) is 2.89. The van der Waals surface area contributed by atoms with Crippen molar-refractivity contribution >= 4 is 29.4 Å². The number of hydrogen-bond donors (Lipinski definition) is 2. The van der Waals surface area contributed by atoms with Gasteiger partial charge in [-0.1, -0.05) is 25.1 Å². The Morgan fingerprint density at radius 1 is 1.21 bits per heavy atom. The highest BCUT2D eigenvalue weighted by molar-refractivity contribution is 7.99. The first kappa shape index (κ1) is 21.0. The average molecular weight is 419 g/mol. The van der Waals surface area contributed by atoms with Gasteiger partial charge < -0.3 is 19.4 Å². The number of rotatable bonds is 7. The van der Waals surface area contributed by atoms with Gasteiger partial charge in [0.15, 0.2) is 16.7 Å². The molecule has 156 valence electrons. The number of nitrogens with zero attached hydrogens (tertiary/aromatic N) is 2. The highest BCUT2D eigenvalue weighted by Gasteiger charge is 2.16. The Hall–Kier alpha value is -2.68. The number of anilines is 1. The monoisotopic (exact) mass is 418 g/mol. The van der Waals surface area contributed by atoms with Crippen LogP contribution < -0.4 is 20.1 Å². The van der Waals surface area contributed by atoms with Crippen molar-refractivity contribution < 1.29 is 19.1 Å². The average Bonchev–Trinajstić information content (AvgIpc) is 2.97. The van der Waals surface area contributed by atoms with Gasteiger partial charge in [-0.15, -0.1) is 0 Å². The third kappa shape index (κ3) is 5.44. The van der Waals surface area contributed by atoms with Gasteiger partial charge in [0.1, 0.15) is 13.2 Å². The molecule has 0 saturated heterocycles. The van der Waals surface area contributed by atoms with Crippen LogP contribution in [0.4, 0.5) is 10.5 Å². The lowest BCUT2D eigenvalue weighted by Crippen LogP contribution is -2.35. The van der Waals surface area contributed by atoms with Gasteiger partial charge in [-0.3, -0.25) is 10.1 Å². The first-order valence-corrected chi connectivity index (χ1v) is 10.6. The smallest absolute Gasteiger partial charge is 0.325 e. The van der Waals surface area contributed by atoms with E-state index in [1.807, 2.05) is 13.8 Å². The number of aryl methyl sites for hydroxylation is 1. The summed E-state index contributed by atoms with van der Waals surface area (Å²) in [5.74, 6) is 0.932. The Morgan fingerprint density at radius 2 is 1.97 bits per heavy atom. The SMILES string of the molecule is CCCCn1c(SCC(=O)NC(=O)Nc2ccc3c(c2)OCCO3)nc(C)c1C. The minimum absolute atomic E-state index is 0.108. The number of fused-ring (bicyclic) bond motifs is 1. The quantitative estimate of drug-likeness (QED) is 0.668.